The first-order valence-corrected chi connectivity index (χ1v) is 10.4. The maximum atomic E-state index is 13.6. The van der Waals surface area contributed by atoms with Crippen LogP contribution < -0.4 is 19.2 Å². The number of amides is 1. The Labute approximate surface area is 188 Å². The summed E-state index contributed by atoms with van der Waals surface area (Å²) >= 11 is 1.37. The average Bonchev–Trinajstić information content (AvgIpc) is 3.47. The van der Waals surface area contributed by atoms with Gasteiger partial charge in [0.1, 0.15) is 5.76 Å². The molecule has 4 rings (SSSR count). The molecule has 0 spiro atoms. The first kappa shape index (κ1) is 21.4. The van der Waals surface area contributed by atoms with Gasteiger partial charge in [0, 0.05) is 5.56 Å². The topological polar surface area (TPSA) is 86.4 Å². The number of benzene rings is 2. The van der Waals surface area contributed by atoms with Crippen LogP contribution in [0, 0.1) is 6.92 Å². The summed E-state index contributed by atoms with van der Waals surface area (Å²) in [6, 6.07) is 12.6. The Kier molecular flexibility index (Phi) is 6.09. The highest BCUT2D eigenvalue weighted by Gasteiger charge is 2.24. The molecule has 164 valence electrons. The largest absolute Gasteiger partial charge is 0.493 e. The van der Waals surface area contributed by atoms with Crippen LogP contribution in [-0.4, -0.2) is 38.4 Å². The molecule has 0 fully saturated rings. The molecule has 9 heteroatoms. The van der Waals surface area contributed by atoms with Crippen molar-refractivity contribution in [1.82, 2.24) is 4.98 Å². The molecular weight excluding hydrogens is 430 g/mol. The Bertz CT molecular complexity index is 1260. The molecule has 0 atom stereocenters. The number of thiazole rings is 1. The van der Waals surface area contributed by atoms with Crippen LogP contribution in [0.2, 0.25) is 0 Å². The summed E-state index contributed by atoms with van der Waals surface area (Å²) in [5.41, 5.74) is 2.19. The fourth-order valence-corrected chi connectivity index (χ4v) is 4.13. The molecule has 8 nitrogen and oxygen atoms in total. The summed E-state index contributed by atoms with van der Waals surface area (Å²) in [6.45, 7) is 2.01. The normalized spacial score (nSPS) is 11.1. The van der Waals surface area contributed by atoms with Gasteiger partial charge in [0.15, 0.2) is 11.5 Å². The highest BCUT2D eigenvalue weighted by molar-refractivity contribution is 7.22. The van der Waals surface area contributed by atoms with Crippen molar-refractivity contribution in [2.45, 2.75) is 6.92 Å². The van der Waals surface area contributed by atoms with Crippen LogP contribution in [0.5, 0.6) is 17.2 Å². The molecule has 0 aliphatic rings. The SMILES string of the molecule is COc1cc(C(=O)N(/N=C/c2ccco2)c2nc3ccc(C)cc3s2)cc(OC)c1OC. The van der Waals surface area contributed by atoms with Crippen molar-refractivity contribution in [2.75, 3.05) is 26.3 Å². The second-order valence-electron chi connectivity index (χ2n) is 6.76. The van der Waals surface area contributed by atoms with Crippen LogP contribution in [0.15, 0.2) is 58.2 Å². The van der Waals surface area contributed by atoms with E-state index < -0.39 is 5.91 Å². The lowest BCUT2D eigenvalue weighted by Crippen LogP contribution is -2.25. The second kappa shape index (κ2) is 9.11. The van der Waals surface area contributed by atoms with E-state index in [4.69, 9.17) is 18.6 Å². The van der Waals surface area contributed by atoms with E-state index in [0.717, 1.165) is 15.8 Å². The minimum absolute atomic E-state index is 0.298. The highest BCUT2D eigenvalue weighted by atomic mass is 32.1. The van der Waals surface area contributed by atoms with Gasteiger partial charge in [-0.15, -0.1) is 0 Å². The van der Waals surface area contributed by atoms with Gasteiger partial charge in [-0.1, -0.05) is 17.4 Å². The predicted molar refractivity (Wildman–Crippen MR) is 124 cm³/mol. The van der Waals surface area contributed by atoms with Crippen LogP contribution in [0.25, 0.3) is 10.2 Å². The van der Waals surface area contributed by atoms with Crippen LogP contribution >= 0.6 is 11.3 Å². The number of carbonyl (C=O) groups is 1. The van der Waals surface area contributed by atoms with E-state index in [1.54, 1.807) is 24.3 Å². The van der Waals surface area contributed by atoms with Gasteiger partial charge < -0.3 is 18.6 Å². The molecule has 0 aliphatic heterocycles. The monoisotopic (exact) mass is 451 g/mol. The Morgan fingerprint density at radius 2 is 1.84 bits per heavy atom. The Morgan fingerprint density at radius 1 is 1.09 bits per heavy atom. The first-order valence-electron chi connectivity index (χ1n) is 9.63. The summed E-state index contributed by atoms with van der Waals surface area (Å²) in [5, 5.41) is 6.05. The third kappa shape index (κ3) is 4.15. The number of hydrazone groups is 1. The summed E-state index contributed by atoms with van der Waals surface area (Å²) in [6.07, 6.45) is 3.00. The molecule has 2 aromatic heterocycles. The predicted octanol–water partition coefficient (Wildman–Crippen LogP) is 4.90. The fraction of sp³-hybridized carbons (Fsp3) is 0.174. The molecule has 2 heterocycles. The average molecular weight is 452 g/mol. The number of methoxy groups -OCH3 is 3. The number of rotatable bonds is 7. The maximum absolute atomic E-state index is 13.6. The number of carbonyl (C=O) groups excluding carboxylic acids is 1. The van der Waals surface area contributed by atoms with Crippen molar-refractivity contribution >= 4 is 38.8 Å². The van der Waals surface area contributed by atoms with Crippen molar-refractivity contribution in [2.24, 2.45) is 5.10 Å². The molecule has 0 radical (unpaired) electrons. The lowest BCUT2D eigenvalue weighted by Gasteiger charge is -2.17. The zero-order valence-corrected chi connectivity index (χ0v) is 18.8. The minimum atomic E-state index is -0.414. The van der Waals surface area contributed by atoms with Crippen molar-refractivity contribution in [3.63, 3.8) is 0 Å². The van der Waals surface area contributed by atoms with Crippen molar-refractivity contribution in [3.05, 3.63) is 65.6 Å². The number of nitrogens with zero attached hydrogens (tertiary/aromatic N) is 3. The Morgan fingerprint density at radius 3 is 2.47 bits per heavy atom. The minimum Gasteiger partial charge on any atom is -0.493 e. The van der Waals surface area contributed by atoms with E-state index >= 15 is 0 Å². The summed E-state index contributed by atoms with van der Waals surface area (Å²) in [5.74, 6) is 1.22. The molecule has 0 bridgehead atoms. The van der Waals surface area contributed by atoms with Crippen molar-refractivity contribution in [3.8, 4) is 17.2 Å². The van der Waals surface area contributed by atoms with E-state index in [-0.39, 0.29) is 0 Å². The van der Waals surface area contributed by atoms with Crippen LogP contribution in [0.4, 0.5) is 5.13 Å². The summed E-state index contributed by atoms with van der Waals surface area (Å²) in [4.78, 5) is 18.2. The lowest BCUT2D eigenvalue weighted by molar-refractivity contribution is 0.0987. The number of fused-ring (bicyclic) bond motifs is 1. The van der Waals surface area contributed by atoms with Gasteiger partial charge in [-0.3, -0.25) is 4.79 Å². The van der Waals surface area contributed by atoms with Crippen LogP contribution in [-0.2, 0) is 0 Å². The molecular formula is C23H21N3O5S. The number of anilines is 1. The Hall–Kier alpha value is -3.85. The molecule has 2 aromatic carbocycles. The zero-order valence-electron chi connectivity index (χ0n) is 18.0. The van der Waals surface area contributed by atoms with E-state index in [9.17, 15) is 4.79 Å². The molecule has 0 unspecified atom stereocenters. The zero-order chi connectivity index (χ0) is 22.7. The molecule has 0 N–H and O–H groups in total. The number of aromatic nitrogens is 1. The molecule has 0 aliphatic carbocycles. The lowest BCUT2D eigenvalue weighted by atomic mass is 10.1. The molecule has 0 saturated heterocycles. The van der Waals surface area contributed by atoms with Crippen molar-refractivity contribution < 1.29 is 23.4 Å². The molecule has 1 amide bonds. The van der Waals surface area contributed by atoms with E-state index in [1.807, 2.05) is 25.1 Å². The quantitative estimate of drug-likeness (QED) is 0.293. The number of hydrogen-bond donors (Lipinski definition) is 0. The third-order valence-electron chi connectivity index (χ3n) is 4.66. The van der Waals surface area contributed by atoms with Gasteiger partial charge in [0.2, 0.25) is 10.9 Å². The number of furan rings is 1. The van der Waals surface area contributed by atoms with Gasteiger partial charge in [0.25, 0.3) is 5.91 Å². The van der Waals surface area contributed by atoms with E-state index in [0.29, 0.717) is 33.7 Å². The van der Waals surface area contributed by atoms with E-state index in [2.05, 4.69) is 10.1 Å². The van der Waals surface area contributed by atoms with Crippen LogP contribution in [0.3, 0.4) is 0 Å². The van der Waals surface area contributed by atoms with Gasteiger partial charge in [-0.05, 0) is 48.9 Å². The molecule has 0 saturated carbocycles. The van der Waals surface area contributed by atoms with Gasteiger partial charge >= 0.3 is 0 Å². The highest BCUT2D eigenvalue weighted by Crippen LogP contribution is 2.39. The fourth-order valence-electron chi connectivity index (χ4n) is 3.11. The van der Waals surface area contributed by atoms with Crippen LogP contribution in [0.1, 0.15) is 21.7 Å². The molecule has 32 heavy (non-hydrogen) atoms. The number of hydrogen-bond acceptors (Lipinski definition) is 8. The smallest absolute Gasteiger partial charge is 0.281 e. The van der Waals surface area contributed by atoms with Gasteiger partial charge in [-0.2, -0.15) is 10.1 Å². The second-order valence-corrected chi connectivity index (χ2v) is 7.77. The number of ether oxygens (including phenoxy) is 3. The first-order chi connectivity index (χ1) is 15.5. The van der Waals surface area contributed by atoms with Gasteiger partial charge in [0.05, 0.1) is 44.0 Å². The molecule has 4 aromatic rings. The standard InChI is InChI=1S/C23H21N3O5S/c1-14-7-8-17-20(10-14)32-23(25-17)26(24-13-16-6-5-9-31-16)22(27)15-11-18(28-2)21(30-4)19(12-15)29-3/h5-13H,1-4H3/b24-13+. The maximum Gasteiger partial charge on any atom is 0.281 e. The Balaban J connectivity index is 1.81. The summed E-state index contributed by atoms with van der Waals surface area (Å²) in [7, 11) is 4.49. The third-order valence-corrected chi connectivity index (χ3v) is 5.66. The van der Waals surface area contributed by atoms with Crippen molar-refractivity contribution in [1.29, 1.82) is 0 Å². The van der Waals surface area contributed by atoms with Gasteiger partial charge in [-0.25, -0.2) is 4.98 Å². The van der Waals surface area contributed by atoms with E-state index in [1.165, 1.54) is 50.2 Å². The summed E-state index contributed by atoms with van der Waals surface area (Å²) < 4.78 is 22.4. The number of aryl methyl sites for hydroxylation is 1.